The molecular weight excluding hydrogens is 546 g/mol. The number of aryl methyl sites for hydroxylation is 2. The van der Waals surface area contributed by atoms with Crippen LogP contribution in [0.5, 0.6) is 0 Å². The number of amides is 2. The molecule has 0 saturated heterocycles. The van der Waals surface area contributed by atoms with Crippen molar-refractivity contribution < 1.29 is 23.9 Å². The van der Waals surface area contributed by atoms with Crippen molar-refractivity contribution in [2.24, 2.45) is 5.73 Å². The summed E-state index contributed by atoms with van der Waals surface area (Å²) in [5, 5.41) is 5.87. The number of urea groups is 1. The zero-order valence-electron chi connectivity index (χ0n) is 24.8. The number of anilines is 3. The molecule has 0 heterocycles. The van der Waals surface area contributed by atoms with E-state index in [9.17, 15) is 14.4 Å². The monoisotopic (exact) mass is 587 g/mol. The predicted molar refractivity (Wildman–Crippen MR) is 168 cm³/mol. The number of nitrogens with one attached hydrogen (secondary N) is 2. The maximum atomic E-state index is 12.8. The summed E-state index contributed by atoms with van der Waals surface area (Å²) < 4.78 is 9.42. The summed E-state index contributed by atoms with van der Waals surface area (Å²) >= 11 is 0. The summed E-state index contributed by atoms with van der Waals surface area (Å²) in [7, 11) is 2.65. The Balaban J connectivity index is 0.000000255. The molecule has 3 aromatic carbocycles. The number of hydrogen-bond donors (Lipinski definition) is 5. The summed E-state index contributed by atoms with van der Waals surface area (Å²) in [6, 6.07) is 15.1. The number of hydrogen-bond acceptors (Lipinski definition) is 8. The van der Waals surface area contributed by atoms with Crippen molar-refractivity contribution in [1.29, 1.82) is 0 Å². The summed E-state index contributed by atoms with van der Waals surface area (Å²) in [5.41, 5.74) is 26.3. The third-order valence-electron chi connectivity index (χ3n) is 7.80. The quantitative estimate of drug-likeness (QED) is 0.197. The van der Waals surface area contributed by atoms with E-state index in [-0.39, 0.29) is 6.03 Å². The normalized spacial score (nSPS) is 14.3. The van der Waals surface area contributed by atoms with Crippen LogP contribution in [0, 0.1) is 0 Å². The van der Waals surface area contributed by atoms with Crippen molar-refractivity contribution in [1.82, 2.24) is 5.32 Å². The average molecular weight is 588 g/mol. The van der Waals surface area contributed by atoms with E-state index in [1.165, 1.54) is 36.5 Å². The van der Waals surface area contributed by atoms with E-state index < -0.39 is 24.0 Å². The lowest BCUT2D eigenvalue weighted by atomic mass is 9.99. The molecule has 0 spiro atoms. The number of fused-ring (bicyclic) bond motifs is 2. The molecule has 10 heteroatoms. The standard InChI is InChI=1S/C23H27N3O3.C10H14N2O2/c1-29-22(27)20(12-14-5-2-8-17(24)11-14)25-23(28)26-21-18-9-3-6-15(18)13-16-7-4-10-19(16)21;1-14-10(13)9(12)6-7-3-2-4-8(11)5-7/h2,5,8,11,13,20H,3-4,6-7,9-10,12,24H2,1H3,(H2,25,26,28);2-5,9H,6,11-12H2,1H3/t20-;9-/m11/s1. The third-order valence-corrected chi connectivity index (χ3v) is 7.80. The number of esters is 2. The predicted octanol–water partition coefficient (Wildman–Crippen LogP) is 3.46. The van der Waals surface area contributed by atoms with Crippen molar-refractivity contribution >= 4 is 35.0 Å². The second-order valence-electron chi connectivity index (χ2n) is 10.9. The fourth-order valence-corrected chi connectivity index (χ4v) is 5.78. The van der Waals surface area contributed by atoms with E-state index in [4.69, 9.17) is 21.9 Å². The van der Waals surface area contributed by atoms with Crippen molar-refractivity contribution in [3.63, 3.8) is 0 Å². The first kappa shape index (κ1) is 31.4. The lowest BCUT2D eigenvalue weighted by molar-refractivity contribution is -0.143. The van der Waals surface area contributed by atoms with Crippen LogP contribution in [0.2, 0.25) is 0 Å². The Kier molecular flexibility index (Phi) is 10.6. The largest absolute Gasteiger partial charge is 0.468 e. The highest BCUT2D eigenvalue weighted by molar-refractivity contribution is 5.94. The van der Waals surface area contributed by atoms with Gasteiger partial charge in [0.15, 0.2) is 0 Å². The van der Waals surface area contributed by atoms with Crippen LogP contribution in [0.4, 0.5) is 21.9 Å². The van der Waals surface area contributed by atoms with E-state index in [0.717, 1.165) is 55.3 Å². The lowest BCUT2D eigenvalue weighted by Crippen LogP contribution is -2.45. The highest BCUT2D eigenvalue weighted by Crippen LogP contribution is 2.38. The maximum Gasteiger partial charge on any atom is 0.328 e. The summed E-state index contributed by atoms with van der Waals surface area (Å²) in [6.45, 7) is 0. The molecule has 0 aliphatic heterocycles. The minimum atomic E-state index is -0.786. The second-order valence-corrected chi connectivity index (χ2v) is 10.9. The molecule has 0 aromatic heterocycles. The number of carbonyl (C=O) groups excluding carboxylic acids is 3. The molecule has 10 nitrogen and oxygen atoms in total. The van der Waals surface area contributed by atoms with Gasteiger partial charge in [-0.1, -0.05) is 30.3 Å². The van der Waals surface area contributed by atoms with E-state index in [1.54, 1.807) is 24.3 Å². The van der Waals surface area contributed by atoms with Crippen LogP contribution in [0.1, 0.15) is 46.2 Å². The number of methoxy groups -OCH3 is 2. The Morgan fingerprint density at radius 3 is 1.81 bits per heavy atom. The summed E-state index contributed by atoms with van der Waals surface area (Å²) in [6.07, 6.45) is 7.11. The van der Waals surface area contributed by atoms with Crippen LogP contribution in [-0.4, -0.2) is 44.3 Å². The molecule has 0 saturated carbocycles. The van der Waals surface area contributed by atoms with Gasteiger partial charge < -0.3 is 37.3 Å². The molecule has 2 aliphatic rings. The van der Waals surface area contributed by atoms with Crippen molar-refractivity contribution in [2.75, 3.05) is 31.0 Å². The number of rotatable bonds is 8. The van der Waals surface area contributed by atoms with Gasteiger partial charge in [-0.05, 0) is 103 Å². The molecule has 2 amide bonds. The Hall–Kier alpha value is -4.57. The minimum Gasteiger partial charge on any atom is -0.468 e. The van der Waals surface area contributed by atoms with E-state index >= 15 is 0 Å². The fourth-order valence-electron chi connectivity index (χ4n) is 5.78. The number of benzene rings is 3. The smallest absolute Gasteiger partial charge is 0.328 e. The van der Waals surface area contributed by atoms with E-state index in [0.29, 0.717) is 24.2 Å². The number of nitrogens with two attached hydrogens (primary N) is 3. The van der Waals surface area contributed by atoms with Gasteiger partial charge in [-0.15, -0.1) is 0 Å². The van der Waals surface area contributed by atoms with Gasteiger partial charge in [-0.2, -0.15) is 0 Å². The number of carbonyl (C=O) groups is 3. The molecule has 5 rings (SSSR count). The fraction of sp³-hybridized carbons (Fsp3) is 0.364. The van der Waals surface area contributed by atoms with Gasteiger partial charge in [0, 0.05) is 23.5 Å². The van der Waals surface area contributed by atoms with E-state index in [1.807, 2.05) is 24.3 Å². The van der Waals surface area contributed by atoms with Crippen LogP contribution in [0.25, 0.3) is 0 Å². The minimum absolute atomic E-state index is 0.316. The lowest BCUT2D eigenvalue weighted by Gasteiger charge is -2.20. The SMILES string of the molecule is COC(=O)[C@@H](Cc1cccc(N)c1)NC(=O)Nc1c2c(cc3c1CCC3)CCC2.COC(=O)[C@H](N)Cc1cccc(N)c1. The number of nitrogen functional groups attached to an aromatic ring is 2. The van der Waals surface area contributed by atoms with Gasteiger partial charge in [0.1, 0.15) is 12.1 Å². The van der Waals surface area contributed by atoms with Crippen LogP contribution in [-0.2, 0) is 57.6 Å². The molecule has 0 bridgehead atoms. The van der Waals surface area contributed by atoms with E-state index in [2.05, 4.69) is 21.4 Å². The first-order chi connectivity index (χ1) is 20.7. The Labute approximate surface area is 252 Å². The van der Waals surface area contributed by atoms with Gasteiger partial charge in [-0.25, -0.2) is 9.59 Å². The first-order valence-corrected chi connectivity index (χ1v) is 14.5. The molecule has 0 radical (unpaired) electrons. The van der Waals surface area contributed by atoms with Crippen LogP contribution in [0.15, 0.2) is 54.6 Å². The average Bonchev–Trinajstić information content (AvgIpc) is 3.66. The molecule has 3 aromatic rings. The van der Waals surface area contributed by atoms with Crippen LogP contribution in [0.3, 0.4) is 0 Å². The third kappa shape index (κ3) is 8.26. The molecular formula is C33H41N5O5. The van der Waals surface area contributed by atoms with Gasteiger partial charge >= 0.3 is 18.0 Å². The zero-order chi connectivity index (χ0) is 30.9. The topological polar surface area (TPSA) is 172 Å². The Morgan fingerprint density at radius 1 is 0.767 bits per heavy atom. The zero-order valence-corrected chi connectivity index (χ0v) is 24.8. The molecule has 2 aliphatic carbocycles. The first-order valence-electron chi connectivity index (χ1n) is 14.5. The van der Waals surface area contributed by atoms with Gasteiger partial charge in [0.05, 0.1) is 14.2 Å². The van der Waals surface area contributed by atoms with Crippen LogP contribution >= 0.6 is 0 Å². The molecule has 43 heavy (non-hydrogen) atoms. The highest BCUT2D eigenvalue weighted by atomic mass is 16.5. The molecule has 8 N–H and O–H groups in total. The van der Waals surface area contributed by atoms with Gasteiger partial charge in [0.25, 0.3) is 0 Å². The molecule has 0 unspecified atom stereocenters. The highest BCUT2D eigenvalue weighted by Gasteiger charge is 2.27. The van der Waals surface area contributed by atoms with Crippen molar-refractivity contribution in [3.05, 3.63) is 88.0 Å². The molecule has 0 fully saturated rings. The van der Waals surface area contributed by atoms with Crippen molar-refractivity contribution in [3.8, 4) is 0 Å². The Morgan fingerprint density at radius 2 is 1.30 bits per heavy atom. The van der Waals surface area contributed by atoms with Crippen molar-refractivity contribution in [2.45, 2.75) is 63.5 Å². The Bertz CT molecular complexity index is 1440. The van der Waals surface area contributed by atoms with Crippen LogP contribution < -0.4 is 27.8 Å². The molecule has 2 atom stereocenters. The summed E-state index contributed by atoms with van der Waals surface area (Å²) in [4.78, 5) is 36.1. The number of ether oxygens (including phenoxy) is 2. The van der Waals surface area contributed by atoms with Gasteiger partial charge in [-0.3, -0.25) is 4.79 Å². The maximum absolute atomic E-state index is 12.8. The second kappa shape index (κ2) is 14.6. The van der Waals surface area contributed by atoms with Gasteiger partial charge in [0.2, 0.25) is 0 Å². The summed E-state index contributed by atoms with van der Waals surface area (Å²) in [5.74, 6) is -0.890. The molecule has 228 valence electrons.